The number of hydrogen-bond acceptors (Lipinski definition) is 4. The molecule has 0 aliphatic carbocycles. The summed E-state index contributed by atoms with van der Waals surface area (Å²) in [5.41, 5.74) is 0.957. The zero-order valence-corrected chi connectivity index (χ0v) is 20.2. The van der Waals surface area contributed by atoms with Crippen molar-refractivity contribution in [2.45, 2.75) is 38.1 Å². The quantitative estimate of drug-likeness (QED) is 0.586. The van der Waals surface area contributed by atoms with Crippen molar-refractivity contribution in [3.63, 3.8) is 0 Å². The third kappa shape index (κ3) is 4.94. The molecule has 1 fully saturated rings. The Morgan fingerprint density at radius 1 is 1.12 bits per heavy atom. The summed E-state index contributed by atoms with van der Waals surface area (Å²) in [6.45, 7) is 6.23. The molecular weight excluding hydrogens is 445 g/mol. The minimum absolute atomic E-state index is 0.0483. The van der Waals surface area contributed by atoms with Crippen molar-refractivity contribution >= 4 is 27.5 Å². The molecule has 0 N–H and O–H groups in total. The van der Waals surface area contributed by atoms with Gasteiger partial charge in [0.2, 0.25) is 21.8 Å². The first-order chi connectivity index (χ1) is 15.6. The summed E-state index contributed by atoms with van der Waals surface area (Å²) < 4.78 is 40.9. The van der Waals surface area contributed by atoms with Gasteiger partial charge in [0.1, 0.15) is 5.82 Å². The number of sulfonamides is 1. The van der Waals surface area contributed by atoms with Gasteiger partial charge in [-0.15, -0.1) is 0 Å². The maximum atomic E-state index is 14.2. The number of anilines is 1. The average molecular weight is 476 g/mol. The topological polar surface area (TPSA) is 78.0 Å². The fourth-order valence-corrected chi connectivity index (χ4v) is 5.59. The first-order valence-corrected chi connectivity index (χ1v) is 12.5. The van der Waals surface area contributed by atoms with Crippen LogP contribution in [0, 0.1) is 11.7 Å². The van der Waals surface area contributed by atoms with Gasteiger partial charge in [0.05, 0.1) is 16.9 Å². The zero-order valence-electron chi connectivity index (χ0n) is 19.4. The van der Waals surface area contributed by atoms with E-state index in [0.29, 0.717) is 24.3 Å². The minimum Gasteiger partial charge on any atom is -0.339 e. The number of benzene rings is 2. The van der Waals surface area contributed by atoms with Gasteiger partial charge < -0.3 is 9.80 Å². The number of amides is 2. The molecule has 7 nitrogen and oxygen atoms in total. The van der Waals surface area contributed by atoms with Gasteiger partial charge in [-0.1, -0.05) is 32.0 Å². The molecular formula is C24H30FN3O4S. The van der Waals surface area contributed by atoms with Gasteiger partial charge in [-0.2, -0.15) is 4.31 Å². The second-order valence-corrected chi connectivity index (χ2v) is 10.1. The van der Waals surface area contributed by atoms with E-state index < -0.39 is 22.0 Å². The normalized spacial score (nSPS) is 17.5. The summed E-state index contributed by atoms with van der Waals surface area (Å²) in [6, 6.07) is 12.0. The van der Waals surface area contributed by atoms with Crippen LogP contribution in [0.1, 0.15) is 38.8 Å². The summed E-state index contributed by atoms with van der Waals surface area (Å²) in [4.78, 5) is 28.8. The molecule has 1 heterocycles. The maximum Gasteiger partial charge on any atom is 0.243 e. The lowest BCUT2D eigenvalue weighted by Gasteiger charge is -2.28. The Hall–Kier alpha value is -2.78. The minimum atomic E-state index is -3.59. The van der Waals surface area contributed by atoms with E-state index in [2.05, 4.69) is 0 Å². The van der Waals surface area contributed by atoms with E-state index in [1.54, 1.807) is 58.2 Å². The molecule has 2 aromatic carbocycles. The van der Waals surface area contributed by atoms with Crippen LogP contribution in [0.3, 0.4) is 0 Å². The van der Waals surface area contributed by atoms with Crippen LogP contribution in [0.15, 0.2) is 53.4 Å². The first kappa shape index (κ1) is 24.9. The second kappa shape index (κ2) is 10.0. The van der Waals surface area contributed by atoms with E-state index in [9.17, 15) is 22.4 Å². The molecule has 3 rings (SSSR count). The van der Waals surface area contributed by atoms with Gasteiger partial charge in [-0.3, -0.25) is 9.59 Å². The van der Waals surface area contributed by atoms with Crippen LogP contribution in [-0.4, -0.2) is 56.1 Å². The van der Waals surface area contributed by atoms with Crippen molar-refractivity contribution in [2.24, 2.45) is 5.92 Å². The molecule has 33 heavy (non-hydrogen) atoms. The lowest BCUT2D eigenvalue weighted by molar-refractivity contribution is -0.136. The average Bonchev–Trinajstić information content (AvgIpc) is 3.20. The van der Waals surface area contributed by atoms with E-state index in [0.717, 1.165) is 0 Å². The molecule has 2 unspecified atom stereocenters. The van der Waals surface area contributed by atoms with Crippen molar-refractivity contribution in [3.05, 3.63) is 59.9 Å². The lowest BCUT2D eigenvalue weighted by Crippen LogP contribution is -2.36. The van der Waals surface area contributed by atoms with Crippen molar-refractivity contribution in [3.8, 4) is 0 Å². The highest BCUT2D eigenvalue weighted by atomic mass is 32.2. The van der Waals surface area contributed by atoms with Gasteiger partial charge in [0.25, 0.3) is 0 Å². The molecule has 0 aromatic heterocycles. The van der Waals surface area contributed by atoms with Gasteiger partial charge >= 0.3 is 0 Å². The fourth-order valence-electron chi connectivity index (χ4n) is 4.13. The van der Waals surface area contributed by atoms with Crippen molar-refractivity contribution in [1.29, 1.82) is 0 Å². The van der Waals surface area contributed by atoms with Crippen molar-refractivity contribution < 1.29 is 22.4 Å². The van der Waals surface area contributed by atoms with Gasteiger partial charge in [-0.25, -0.2) is 12.8 Å². The lowest BCUT2D eigenvalue weighted by atomic mass is 10.0. The molecule has 0 radical (unpaired) electrons. The standard InChI is InChI=1S/C24H30FN3O4S/c1-5-27(6-2)33(31,32)20-13-11-19(12-14-20)28-16-18(15-23(28)29)24(30)26(4)17(3)21-9-7-8-10-22(21)25/h7-14,17-18H,5-6,15-16H2,1-4H3. The zero-order chi connectivity index (χ0) is 24.3. The Balaban J connectivity index is 1.73. The number of halogens is 1. The predicted molar refractivity (Wildman–Crippen MR) is 125 cm³/mol. The number of hydrogen-bond donors (Lipinski definition) is 0. The summed E-state index contributed by atoms with van der Waals surface area (Å²) in [5.74, 6) is -1.38. The third-order valence-electron chi connectivity index (χ3n) is 6.25. The van der Waals surface area contributed by atoms with Gasteiger partial charge in [0.15, 0.2) is 0 Å². The highest BCUT2D eigenvalue weighted by Crippen LogP contribution is 2.30. The SMILES string of the molecule is CCN(CC)S(=O)(=O)c1ccc(N2CC(C(=O)N(C)C(C)c3ccccc3F)CC2=O)cc1. The van der Waals surface area contributed by atoms with Crippen LogP contribution in [0.5, 0.6) is 0 Å². The fraction of sp³-hybridized carbons (Fsp3) is 0.417. The molecule has 0 spiro atoms. The van der Waals surface area contributed by atoms with Gasteiger partial charge in [0, 0.05) is 44.4 Å². The molecule has 1 aliphatic heterocycles. The van der Waals surface area contributed by atoms with Crippen LogP contribution in [0.4, 0.5) is 10.1 Å². The number of carbonyl (C=O) groups is 2. The second-order valence-electron chi connectivity index (χ2n) is 8.14. The van der Waals surface area contributed by atoms with Crippen LogP contribution in [0.25, 0.3) is 0 Å². The Kier molecular flexibility index (Phi) is 7.54. The smallest absolute Gasteiger partial charge is 0.243 e. The van der Waals surface area contributed by atoms with E-state index in [1.165, 1.54) is 32.3 Å². The summed E-state index contributed by atoms with van der Waals surface area (Å²) in [6.07, 6.45) is 0.0483. The molecule has 2 amide bonds. The Labute approximate surface area is 194 Å². The van der Waals surface area contributed by atoms with Crippen molar-refractivity contribution in [1.82, 2.24) is 9.21 Å². The van der Waals surface area contributed by atoms with Crippen molar-refractivity contribution in [2.75, 3.05) is 31.6 Å². The first-order valence-electron chi connectivity index (χ1n) is 11.0. The number of carbonyl (C=O) groups excluding carboxylic acids is 2. The molecule has 1 saturated heterocycles. The van der Waals surface area contributed by atoms with Crippen LogP contribution in [-0.2, 0) is 19.6 Å². The Morgan fingerprint density at radius 2 is 1.73 bits per heavy atom. The monoisotopic (exact) mass is 475 g/mol. The Morgan fingerprint density at radius 3 is 2.30 bits per heavy atom. The van der Waals surface area contributed by atoms with Gasteiger partial charge in [-0.05, 0) is 37.3 Å². The predicted octanol–water partition coefficient (Wildman–Crippen LogP) is 3.43. The van der Waals surface area contributed by atoms with Crippen LogP contribution >= 0.6 is 0 Å². The Bertz CT molecular complexity index is 1120. The largest absolute Gasteiger partial charge is 0.339 e. The molecule has 0 saturated carbocycles. The molecule has 1 aliphatic rings. The third-order valence-corrected chi connectivity index (χ3v) is 8.31. The van der Waals surface area contributed by atoms with E-state index >= 15 is 0 Å². The molecule has 2 aromatic rings. The summed E-state index contributed by atoms with van der Waals surface area (Å²) in [5, 5.41) is 0. The number of nitrogens with zero attached hydrogens (tertiary/aromatic N) is 3. The van der Waals surface area contributed by atoms with Crippen LogP contribution in [0.2, 0.25) is 0 Å². The highest BCUT2D eigenvalue weighted by molar-refractivity contribution is 7.89. The molecule has 2 atom stereocenters. The summed E-state index contributed by atoms with van der Waals surface area (Å²) >= 11 is 0. The molecule has 0 bridgehead atoms. The maximum absolute atomic E-state index is 14.2. The summed E-state index contributed by atoms with van der Waals surface area (Å²) in [7, 11) is -1.98. The van der Waals surface area contributed by atoms with E-state index in [-0.39, 0.29) is 35.5 Å². The van der Waals surface area contributed by atoms with E-state index in [4.69, 9.17) is 0 Å². The highest BCUT2D eigenvalue weighted by Gasteiger charge is 2.38. The van der Waals surface area contributed by atoms with Crippen LogP contribution < -0.4 is 4.90 Å². The number of rotatable bonds is 8. The molecule has 178 valence electrons. The molecule has 9 heteroatoms. The van der Waals surface area contributed by atoms with E-state index in [1.807, 2.05) is 0 Å².